The zero-order valence-electron chi connectivity index (χ0n) is 19.6. The van der Waals surface area contributed by atoms with Crippen molar-refractivity contribution in [2.75, 3.05) is 0 Å². The third-order valence-corrected chi connectivity index (χ3v) is 5.36. The van der Waals surface area contributed by atoms with E-state index in [4.69, 9.17) is 13.9 Å². The van der Waals surface area contributed by atoms with E-state index in [2.05, 4.69) is 5.32 Å². The van der Waals surface area contributed by atoms with Crippen LogP contribution in [0.3, 0.4) is 0 Å². The summed E-state index contributed by atoms with van der Waals surface area (Å²) < 4.78 is 16.4. The second-order valence-electron chi connectivity index (χ2n) is 8.59. The maximum atomic E-state index is 13.1. The SMILES string of the molecule is Cc1cc(OC(=O)C(CC(C)C)NC(=O)OCc2ccccc2)c2c(C)c(C)c(=O)oc2c1. The number of carbonyl (C=O) groups excluding carboxylic acids is 2. The van der Waals surface area contributed by atoms with Gasteiger partial charge in [0.2, 0.25) is 0 Å². The summed E-state index contributed by atoms with van der Waals surface area (Å²) in [7, 11) is 0. The van der Waals surface area contributed by atoms with E-state index in [1.54, 1.807) is 26.0 Å². The smallest absolute Gasteiger partial charge is 0.408 e. The van der Waals surface area contributed by atoms with Crippen molar-refractivity contribution in [1.82, 2.24) is 5.32 Å². The van der Waals surface area contributed by atoms with Crippen LogP contribution in [0.4, 0.5) is 4.79 Å². The van der Waals surface area contributed by atoms with E-state index in [9.17, 15) is 14.4 Å². The van der Waals surface area contributed by atoms with E-state index in [0.29, 0.717) is 28.5 Å². The normalized spacial score (nSPS) is 11.9. The Labute approximate surface area is 192 Å². The number of nitrogens with one attached hydrogen (secondary N) is 1. The zero-order valence-corrected chi connectivity index (χ0v) is 19.6. The molecular weight excluding hydrogens is 422 g/mol. The van der Waals surface area contributed by atoms with Gasteiger partial charge in [0, 0.05) is 5.56 Å². The lowest BCUT2D eigenvalue weighted by molar-refractivity contribution is -0.137. The topological polar surface area (TPSA) is 94.8 Å². The van der Waals surface area contributed by atoms with Crippen molar-refractivity contribution >= 4 is 23.0 Å². The molecule has 1 amide bonds. The number of fused-ring (bicyclic) bond motifs is 1. The molecule has 0 fully saturated rings. The number of amides is 1. The lowest BCUT2D eigenvalue weighted by Crippen LogP contribution is -2.44. The van der Waals surface area contributed by atoms with Crippen LogP contribution in [0, 0.1) is 26.7 Å². The molecule has 1 unspecified atom stereocenters. The van der Waals surface area contributed by atoms with Gasteiger partial charge in [-0.05, 0) is 61.9 Å². The quantitative estimate of drug-likeness (QED) is 0.310. The highest BCUT2D eigenvalue weighted by Crippen LogP contribution is 2.31. The lowest BCUT2D eigenvalue weighted by Gasteiger charge is -2.20. The Hall–Kier alpha value is -3.61. The molecule has 0 aliphatic carbocycles. The molecule has 7 nitrogen and oxygen atoms in total. The number of esters is 1. The number of ether oxygens (including phenoxy) is 2. The number of hydrogen-bond acceptors (Lipinski definition) is 6. The zero-order chi connectivity index (χ0) is 24.1. The molecule has 2 aromatic carbocycles. The van der Waals surface area contributed by atoms with Crippen LogP contribution in [-0.4, -0.2) is 18.1 Å². The van der Waals surface area contributed by atoms with Crippen LogP contribution >= 0.6 is 0 Å². The first-order chi connectivity index (χ1) is 15.7. The van der Waals surface area contributed by atoms with Gasteiger partial charge in [0.15, 0.2) is 0 Å². The van der Waals surface area contributed by atoms with Gasteiger partial charge in [0.25, 0.3) is 0 Å². The number of carbonyl (C=O) groups is 2. The molecule has 0 aliphatic rings. The largest absolute Gasteiger partial charge is 0.445 e. The highest BCUT2D eigenvalue weighted by Gasteiger charge is 2.26. The Kier molecular flexibility index (Phi) is 7.53. The van der Waals surface area contributed by atoms with Crippen LogP contribution < -0.4 is 15.7 Å². The van der Waals surface area contributed by atoms with Gasteiger partial charge in [-0.15, -0.1) is 0 Å². The Bertz CT molecular complexity index is 1210. The van der Waals surface area contributed by atoms with Gasteiger partial charge in [-0.1, -0.05) is 44.2 Å². The molecule has 1 heterocycles. The number of rotatable bonds is 7. The Morgan fingerprint density at radius 3 is 2.39 bits per heavy atom. The van der Waals surface area contributed by atoms with Gasteiger partial charge in [-0.2, -0.15) is 0 Å². The molecular formula is C26H29NO6. The summed E-state index contributed by atoms with van der Waals surface area (Å²) in [4.78, 5) is 37.5. The molecule has 0 saturated heterocycles. The third-order valence-electron chi connectivity index (χ3n) is 5.36. The first kappa shape index (κ1) is 24.0. The molecule has 33 heavy (non-hydrogen) atoms. The Balaban J connectivity index is 1.81. The highest BCUT2D eigenvalue weighted by molar-refractivity contribution is 5.92. The minimum atomic E-state index is -0.902. The van der Waals surface area contributed by atoms with Crippen molar-refractivity contribution in [1.29, 1.82) is 0 Å². The molecule has 1 N–H and O–H groups in total. The summed E-state index contributed by atoms with van der Waals surface area (Å²) >= 11 is 0. The fourth-order valence-electron chi connectivity index (χ4n) is 3.54. The summed E-state index contributed by atoms with van der Waals surface area (Å²) in [6.07, 6.45) is -0.329. The van der Waals surface area contributed by atoms with E-state index in [-0.39, 0.29) is 18.3 Å². The first-order valence-corrected chi connectivity index (χ1v) is 10.9. The van der Waals surface area contributed by atoms with E-state index in [0.717, 1.165) is 11.1 Å². The predicted octanol–water partition coefficient (Wildman–Crippen LogP) is 4.96. The van der Waals surface area contributed by atoms with Gasteiger partial charge >= 0.3 is 17.7 Å². The second-order valence-corrected chi connectivity index (χ2v) is 8.59. The van der Waals surface area contributed by atoms with Crippen LogP contribution in [0.1, 0.15) is 42.5 Å². The molecule has 0 aliphatic heterocycles. The number of hydrogen-bond donors (Lipinski definition) is 1. The number of aryl methyl sites for hydroxylation is 2. The minimum absolute atomic E-state index is 0.0934. The molecule has 3 rings (SSSR count). The maximum absolute atomic E-state index is 13.1. The van der Waals surface area contributed by atoms with Crippen LogP contribution in [-0.2, 0) is 16.1 Å². The molecule has 1 atom stereocenters. The van der Waals surface area contributed by atoms with Crippen LogP contribution in [0.5, 0.6) is 5.75 Å². The standard InChI is InChI=1S/C26H29NO6/c1-15(2)11-20(27-26(30)31-14-19-9-7-6-8-10-19)25(29)33-22-13-16(3)12-21-23(22)17(4)18(5)24(28)32-21/h6-10,12-13,15,20H,11,14H2,1-5H3,(H,27,30). The fraction of sp³-hybridized carbons (Fsp3) is 0.346. The van der Waals surface area contributed by atoms with E-state index in [1.165, 1.54) is 0 Å². The van der Waals surface area contributed by atoms with Crippen molar-refractivity contribution in [3.05, 3.63) is 75.1 Å². The van der Waals surface area contributed by atoms with E-state index in [1.807, 2.05) is 51.1 Å². The highest BCUT2D eigenvalue weighted by atomic mass is 16.6. The van der Waals surface area contributed by atoms with Crippen LogP contribution in [0.25, 0.3) is 11.0 Å². The Morgan fingerprint density at radius 2 is 1.73 bits per heavy atom. The van der Waals surface area contributed by atoms with Gasteiger partial charge in [0.1, 0.15) is 24.0 Å². The molecule has 174 valence electrons. The average molecular weight is 452 g/mol. The Morgan fingerprint density at radius 1 is 1.03 bits per heavy atom. The lowest BCUT2D eigenvalue weighted by atomic mass is 10.0. The molecule has 0 bridgehead atoms. The van der Waals surface area contributed by atoms with Crippen LogP contribution in [0.15, 0.2) is 51.7 Å². The molecule has 0 spiro atoms. The summed E-state index contributed by atoms with van der Waals surface area (Å²) in [5, 5.41) is 3.18. The van der Waals surface area contributed by atoms with Gasteiger partial charge in [-0.3, -0.25) is 0 Å². The van der Waals surface area contributed by atoms with Crippen LogP contribution in [0.2, 0.25) is 0 Å². The maximum Gasteiger partial charge on any atom is 0.408 e. The average Bonchev–Trinajstić information content (AvgIpc) is 2.75. The van der Waals surface area contributed by atoms with E-state index < -0.39 is 23.7 Å². The van der Waals surface area contributed by atoms with Crippen molar-refractivity contribution in [3.8, 4) is 5.75 Å². The monoisotopic (exact) mass is 451 g/mol. The second kappa shape index (κ2) is 10.3. The van der Waals surface area contributed by atoms with Gasteiger partial charge < -0.3 is 19.2 Å². The summed E-state index contributed by atoms with van der Waals surface area (Å²) in [5.41, 5.74) is 2.66. The van der Waals surface area contributed by atoms with Crippen molar-refractivity contribution in [3.63, 3.8) is 0 Å². The summed E-state index contributed by atoms with van der Waals surface area (Å²) in [6.45, 7) is 9.25. The van der Waals surface area contributed by atoms with Gasteiger partial charge in [0.05, 0.1) is 5.39 Å². The van der Waals surface area contributed by atoms with Gasteiger partial charge in [-0.25, -0.2) is 14.4 Å². The predicted molar refractivity (Wildman–Crippen MR) is 125 cm³/mol. The van der Waals surface area contributed by atoms with Crippen molar-refractivity contribution in [2.24, 2.45) is 5.92 Å². The minimum Gasteiger partial charge on any atom is -0.445 e. The summed E-state index contributed by atoms with van der Waals surface area (Å²) in [5.74, 6) is -0.212. The number of alkyl carbamates (subject to hydrolysis) is 1. The molecule has 0 saturated carbocycles. The molecule has 3 aromatic rings. The third kappa shape index (κ3) is 6.00. The van der Waals surface area contributed by atoms with Crippen molar-refractivity contribution in [2.45, 2.75) is 53.7 Å². The number of benzene rings is 2. The molecule has 1 aromatic heterocycles. The molecule has 0 radical (unpaired) electrons. The first-order valence-electron chi connectivity index (χ1n) is 10.9. The molecule has 7 heteroatoms. The summed E-state index contributed by atoms with van der Waals surface area (Å²) in [6, 6.07) is 11.8. The van der Waals surface area contributed by atoms with E-state index >= 15 is 0 Å². The fourth-order valence-corrected chi connectivity index (χ4v) is 3.54. The van der Waals surface area contributed by atoms with Crippen molar-refractivity contribution < 1.29 is 23.5 Å².